The lowest BCUT2D eigenvalue weighted by atomic mass is 10.1. The molecular formula is C14H17BrN2O3. The van der Waals surface area contributed by atoms with Crippen LogP contribution in [-0.2, 0) is 9.59 Å². The first-order valence-electron chi connectivity index (χ1n) is 6.58. The number of aliphatic hydroxyl groups is 1. The average molecular weight is 341 g/mol. The number of amides is 2. The highest BCUT2D eigenvalue weighted by Crippen LogP contribution is 2.33. The summed E-state index contributed by atoms with van der Waals surface area (Å²) in [5.74, 6) is -0.952. The van der Waals surface area contributed by atoms with Gasteiger partial charge in [0.15, 0.2) is 0 Å². The summed E-state index contributed by atoms with van der Waals surface area (Å²) < 4.78 is 0.826. The second kappa shape index (κ2) is 6.85. The van der Waals surface area contributed by atoms with Crippen molar-refractivity contribution in [1.29, 1.82) is 0 Å². The molecule has 1 atom stereocenters. The molecule has 0 spiro atoms. The number of aliphatic hydroxyl groups excluding tert-OH is 1. The fourth-order valence-electron chi connectivity index (χ4n) is 2.05. The van der Waals surface area contributed by atoms with Crippen LogP contribution in [0.3, 0.4) is 0 Å². The third-order valence-corrected chi connectivity index (χ3v) is 3.73. The van der Waals surface area contributed by atoms with Gasteiger partial charge in [0.25, 0.3) is 0 Å². The molecule has 6 heteroatoms. The predicted octanol–water partition coefficient (Wildman–Crippen LogP) is 1.66. The minimum Gasteiger partial charge on any atom is -0.396 e. The monoisotopic (exact) mass is 340 g/mol. The molecule has 1 unspecified atom stereocenters. The van der Waals surface area contributed by atoms with E-state index in [0.717, 1.165) is 17.3 Å². The standard InChI is InChI=1S/C14H17BrN2O3/c15-10-2-1-3-11(8-10)16-13(19)14(20)17-12(6-7-18)9-4-5-9/h1-3,8-9,12,18H,4-7H2,(H,16,19)(H,17,20). The van der Waals surface area contributed by atoms with Gasteiger partial charge in [0.2, 0.25) is 0 Å². The van der Waals surface area contributed by atoms with Crippen molar-refractivity contribution in [3.63, 3.8) is 0 Å². The Morgan fingerprint density at radius 3 is 2.70 bits per heavy atom. The highest BCUT2D eigenvalue weighted by atomic mass is 79.9. The first-order valence-corrected chi connectivity index (χ1v) is 7.37. The zero-order valence-corrected chi connectivity index (χ0v) is 12.5. The van der Waals surface area contributed by atoms with Gasteiger partial charge in [0, 0.05) is 22.8 Å². The fourth-order valence-corrected chi connectivity index (χ4v) is 2.45. The molecule has 2 amide bonds. The molecule has 0 aliphatic heterocycles. The Hall–Kier alpha value is -1.40. The van der Waals surface area contributed by atoms with Gasteiger partial charge in [0.1, 0.15) is 0 Å². The minimum atomic E-state index is -0.688. The van der Waals surface area contributed by atoms with Crippen molar-refractivity contribution in [1.82, 2.24) is 5.32 Å². The summed E-state index contributed by atoms with van der Waals surface area (Å²) >= 11 is 3.30. The van der Waals surface area contributed by atoms with Gasteiger partial charge in [-0.2, -0.15) is 0 Å². The van der Waals surface area contributed by atoms with E-state index in [1.807, 2.05) is 6.07 Å². The maximum Gasteiger partial charge on any atom is 0.313 e. The third kappa shape index (κ3) is 4.31. The normalized spacial score (nSPS) is 15.5. The van der Waals surface area contributed by atoms with Crippen LogP contribution in [0.2, 0.25) is 0 Å². The van der Waals surface area contributed by atoms with Gasteiger partial charge in [-0.05, 0) is 43.4 Å². The van der Waals surface area contributed by atoms with Gasteiger partial charge in [-0.3, -0.25) is 9.59 Å². The van der Waals surface area contributed by atoms with E-state index in [4.69, 9.17) is 5.11 Å². The van der Waals surface area contributed by atoms with Crippen molar-refractivity contribution in [3.05, 3.63) is 28.7 Å². The molecule has 2 rings (SSSR count). The maximum absolute atomic E-state index is 11.8. The van der Waals surface area contributed by atoms with Gasteiger partial charge < -0.3 is 15.7 Å². The van der Waals surface area contributed by atoms with Crippen LogP contribution in [0.1, 0.15) is 19.3 Å². The molecule has 0 bridgehead atoms. The molecule has 0 aromatic heterocycles. The molecule has 108 valence electrons. The number of anilines is 1. The molecule has 3 N–H and O–H groups in total. The van der Waals surface area contributed by atoms with E-state index in [-0.39, 0.29) is 12.6 Å². The quantitative estimate of drug-likeness (QED) is 0.713. The van der Waals surface area contributed by atoms with Crippen molar-refractivity contribution in [3.8, 4) is 0 Å². The number of rotatable bonds is 5. The first-order chi connectivity index (χ1) is 9.60. The summed E-state index contributed by atoms with van der Waals surface area (Å²) in [7, 11) is 0. The van der Waals surface area contributed by atoms with E-state index in [1.165, 1.54) is 0 Å². The highest BCUT2D eigenvalue weighted by molar-refractivity contribution is 9.10. The largest absolute Gasteiger partial charge is 0.396 e. The summed E-state index contributed by atoms with van der Waals surface area (Å²) in [5.41, 5.74) is 0.560. The molecule has 1 aliphatic carbocycles. The Kier molecular flexibility index (Phi) is 5.14. The Morgan fingerprint density at radius 2 is 2.10 bits per heavy atom. The van der Waals surface area contributed by atoms with Crippen LogP contribution in [-0.4, -0.2) is 29.6 Å². The summed E-state index contributed by atoms with van der Waals surface area (Å²) in [4.78, 5) is 23.6. The van der Waals surface area contributed by atoms with Gasteiger partial charge in [-0.25, -0.2) is 0 Å². The van der Waals surface area contributed by atoms with E-state index in [1.54, 1.807) is 18.2 Å². The van der Waals surface area contributed by atoms with Crippen LogP contribution in [0.4, 0.5) is 5.69 Å². The number of hydrogen-bond acceptors (Lipinski definition) is 3. The van der Waals surface area contributed by atoms with E-state index >= 15 is 0 Å². The Bertz CT molecular complexity index is 503. The summed E-state index contributed by atoms with van der Waals surface area (Å²) in [6, 6.07) is 6.93. The SMILES string of the molecule is O=C(Nc1cccc(Br)c1)C(=O)NC(CCO)C1CC1. The number of nitrogens with one attached hydrogen (secondary N) is 2. The van der Waals surface area contributed by atoms with Crippen LogP contribution in [0.25, 0.3) is 0 Å². The van der Waals surface area contributed by atoms with Crippen LogP contribution in [0.15, 0.2) is 28.7 Å². The molecule has 0 saturated heterocycles. The van der Waals surface area contributed by atoms with Gasteiger partial charge >= 0.3 is 11.8 Å². The van der Waals surface area contributed by atoms with E-state index in [2.05, 4.69) is 26.6 Å². The Labute approximate surface area is 125 Å². The van der Waals surface area contributed by atoms with Crippen LogP contribution in [0, 0.1) is 5.92 Å². The maximum atomic E-state index is 11.8. The third-order valence-electron chi connectivity index (χ3n) is 3.24. The predicted molar refractivity (Wildman–Crippen MR) is 79.1 cm³/mol. The zero-order chi connectivity index (χ0) is 14.5. The van der Waals surface area contributed by atoms with Crippen molar-refractivity contribution < 1.29 is 14.7 Å². The van der Waals surface area contributed by atoms with E-state index in [0.29, 0.717) is 18.0 Å². The summed E-state index contributed by atoms with van der Waals surface area (Å²) in [5, 5.41) is 14.2. The van der Waals surface area contributed by atoms with E-state index < -0.39 is 11.8 Å². The molecular weight excluding hydrogens is 324 g/mol. The molecule has 1 saturated carbocycles. The molecule has 1 fully saturated rings. The van der Waals surface area contributed by atoms with Crippen molar-refractivity contribution >= 4 is 33.4 Å². The molecule has 20 heavy (non-hydrogen) atoms. The molecule has 1 aliphatic rings. The Balaban J connectivity index is 1.89. The van der Waals surface area contributed by atoms with Gasteiger partial charge in [0.05, 0.1) is 0 Å². The number of halogens is 1. The molecule has 1 aromatic carbocycles. The molecule has 0 heterocycles. The topological polar surface area (TPSA) is 78.4 Å². The minimum absolute atomic E-state index is 0.00863. The Morgan fingerprint density at radius 1 is 1.35 bits per heavy atom. The van der Waals surface area contributed by atoms with Crippen molar-refractivity contribution in [2.75, 3.05) is 11.9 Å². The summed E-state index contributed by atoms with van der Waals surface area (Å²) in [6.07, 6.45) is 2.57. The molecule has 0 radical (unpaired) electrons. The molecule has 5 nitrogen and oxygen atoms in total. The van der Waals surface area contributed by atoms with Crippen LogP contribution >= 0.6 is 15.9 Å². The van der Waals surface area contributed by atoms with E-state index in [9.17, 15) is 9.59 Å². The number of hydrogen-bond donors (Lipinski definition) is 3. The lowest BCUT2D eigenvalue weighted by molar-refractivity contribution is -0.136. The van der Waals surface area contributed by atoms with Crippen LogP contribution in [0.5, 0.6) is 0 Å². The zero-order valence-electron chi connectivity index (χ0n) is 10.9. The number of carbonyl (C=O) groups excluding carboxylic acids is 2. The number of benzene rings is 1. The second-order valence-electron chi connectivity index (χ2n) is 4.89. The van der Waals surface area contributed by atoms with Gasteiger partial charge in [-0.1, -0.05) is 22.0 Å². The fraction of sp³-hybridized carbons (Fsp3) is 0.429. The average Bonchev–Trinajstić information content (AvgIpc) is 3.22. The molecule has 1 aromatic rings. The smallest absolute Gasteiger partial charge is 0.313 e. The van der Waals surface area contributed by atoms with Gasteiger partial charge in [-0.15, -0.1) is 0 Å². The van der Waals surface area contributed by atoms with Crippen molar-refractivity contribution in [2.45, 2.75) is 25.3 Å². The van der Waals surface area contributed by atoms with Crippen molar-refractivity contribution in [2.24, 2.45) is 5.92 Å². The highest BCUT2D eigenvalue weighted by Gasteiger charge is 2.32. The second-order valence-corrected chi connectivity index (χ2v) is 5.81. The lowest BCUT2D eigenvalue weighted by Gasteiger charge is -2.16. The first kappa shape index (κ1) is 15.0. The lowest BCUT2D eigenvalue weighted by Crippen LogP contribution is -2.43. The van der Waals surface area contributed by atoms with Crippen LogP contribution < -0.4 is 10.6 Å². The number of carbonyl (C=O) groups is 2. The summed E-state index contributed by atoms with van der Waals surface area (Å²) in [6.45, 7) is 0.00863.